The summed E-state index contributed by atoms with van der Waals surface area (Å²) in [7, 11) is -1.89. The van der Waals surface area contributed by atoms with Crippen molar-refractivity contribution in [1.29, 1.82) is 0 Å². The van der Waals surface area contributed by atoms with E-state index in [0.717, 1.165) is 58.4 Å². The fourth-order valence-corrected chi connectivity index (χ4v) is 6.85. The van der Waals surface area contributed by atoms with Crippen molar-refractivity contribution in [3.63, 3.8) is 0 Å². The van der Waals surface area contributed by atoms with Crippen molar-refractivity contribution in [2.24, 2.45) is 7.05 Å². The summed E-state index contributed by atoms with van der Waals surface area (Å²) < 4.78 is 52.9. The Balaban J connectivity index is 0.000000148. The minimum atomic E-state index is -3.71. The number of fused-ring (bicyclic) bond motifs is 2. The van der Waals surface area contributed by atoms with Crippen LogP contribution in [0.15, 0.2) is 165 Å². The molecule has 0 aliphatic heterocycles. The fraction of sp³-hybridized carbons (Fsp3) is 0.0732. The van der Waals surface area contributed by atoms with Gasteiger partial charge in [-0.15, -0.1) is 0 Å². The van der Waals surface area contributed by atoms with E-state index < -0.39 is 21.5 Å². The van der Waals surface area contributed by atoms with Crippen LogP contribution >= 0.6 is 0 Å². The lowest BCUT2D eigenvalue weighted by molar-refractivity contribution is 0.593. The molecule has 0 aliphatic carbocycles. The second kappa shape index (κ2) is 15.3. The van der Waals surface area contributed by atoms with Crippen molar-refractivity contribution in [3.8, 4) is 5.69 Å². The number of sulfone groups is 1. The topological polar surface area (TPSA) is 110 Å². The average Bonchev–Trinajstić information content (AvgIpc) is 3.66. The van der Waals surface area contributed by atoms with Gasteiger partial charge in [-0.3, -0.25) is 9.13 Å². The molecule has 11 heteroatoms. The van der Waals surface area contributed by atoms with Crippen molar-refractivity contribution in [2.75, 3.05) is 0 Å². The average molecular weight is 717 g/mol. The first-order valence-electron chi connectivity index (χ1n) is 16.2. The van der Waals surface area contributed by atoms with Gasteiger partial charge in [-0.2, -0.15) is 0 Å². The number of nitrogens with zero attached hydrogens (tertiary/aromatic N) is 2. The molecule has 6 aromatic carbocycles. The SMILES string of the molecule is Cc1ccc(Cc2ccc(-n3c(=O)n(C)c4ccccc43)cc2)cc1.O=S(=O)(c1ccc(F)cc1)c1ccc(F)cc1.O=c1[nH]c2ccccc2[nH]1. The molecule has 0 fully saturated rings. The molecule has 0 bridgehead atoms. The van der Waals surface area contributed by atoms with Gasteiger partial charge in [0.05, 0.1) is 37.5 Å². The summed E-state index contributed by atoms with van der Waals surface area (Å²) >= 11 is 0. The van der Waals surface area contributed by atoms with Gasteiger partial charge in [-0.1, -0.05) is 66.2 Å². The van der Waals surface area contributed by atoms with Gasteiger partial charge in [0, 0.05) is 7.05 Å². The van der Waals surface area contributed by atoms with E-state index in [1.54, 1.807) is 9.13 Å². The summed E-state index contributed by atoms with van der Waals surface area (Å²) in [5.74, 6) is -1.02. The van der Waals surface area contributed by atoms with E-state index in [0.29, 0.717) is 0 Å². The molecule has 0 radical (unpaired) electrons. The van der Waals surface area contributed by atoms with Crippen molar-refractivity contribution in [3.05, 3.63) is 195 Å². The molecule has 8 aromatic rings. The number of aromatic nitrogens is 4. The van der Waals surface area contributed by atoms with Gasteiger partial charge in [0.1, 0.15) is 11.6 Å². The standard InChI is InChI=1S/C22H20N2O.C12H8F2O2S.C7H6N2O/c1-16-7-9-17(10-8-16)15-18-11-13-19(14-12-18)24-21-6-4-3-5-20(21)23(2)22(24)25;13-9-1-5-11(6-2-9)17(15,16)12-7-3-10(14)4-8-12;10-7-8-5-3-1-2-4-6(5)9-7/h3-14H,15H2,1-2H3;1-8H;1-4H,(H2,8,9,10). The third kappa shape index (κ3) is 8.00. The first kappa shape index (κ1) is 35.5. The van der Waals surface area contributed by atoms with E-state index in [9.17, 15) is 26.8 Å². The number of rotatable bonds is 5. The zero-order valence-corrected chi connectivity index (χ0v) is 29.1. The monoisotopic (exact) mass is 716 g/mol. The van der Waals surface area contributed by atoms with Crippen molar-refractivity contribution in [2.45, 2.75) is 23.1 Å². The number of hydrogen-bond donors (Lipinski definition) is 2. The van der Waals surface area contributed by atoms with E-state index in [2.05, 4.69) is 53.3 Å². The summed E-state index contributed by atoms with van der Waals surface area (Å²) in [5, 5.41) is 0. The molecule has 8 nitrogen and oxygen atoms in total. The first-order chi connectivity index (χ1) is 25.0. The number of nitrogens with one attached hydrogen (secondary N) is 2. The van der Waals surface area contributed by atoms with Gasteiger partial charge in [0.15, 0.2) is 0 Å². The van der Waals surface area contributed by atoms with Gasteiger partial charge < -0.3 is 9.97 Å². The van der Waals surface area contributed by atoms with Crippen LogP contribution in [0, 0.1) is 18.6 Å². The molecule has 0 unspecified atom stereocenters. The number of aromatic amines is 2. The van der Waals surface area contributed by atoms with Crippen LogP contribution in [0.5, 0.6) is 0 Å². The van der Waals surface area contributed by atoms with E-state index in [1.807, 2.05) is 67.7 Å². The maximum atomic E-state index is 12.7. The highest BCUT2D eigenvalue weighted by atomic mass is 32.2. The number of H-pyrrole nitrogens is 2. The molecule has 52 heavy (non-hydrogen) atoms. The Morgan fingerprint density at radius 1 is 0.577 bits per heavy atom. The van der Waals surface area contributed by atoms with Gasteiger partial charge in [-0.25, -0.2) is 26.8 Å². The quantitative estimate of drug-likeness (QED) is 0.177. The van der Waals surface area contributed by atoms with E-state index in [4.69, 9.17) is 0 Å². The van der Waals surface area contributed by atoms with Crippen LogP contribution in [0.2, 0.25) is 0 Å². The molecule has 2 aromatic heterocycles. The summed E-state index contributed by atoms with van der Waals surface area (Å²) in [6, 6.07) is 41.2. The van der Waals surface area contributed by atoms with Crippen LogP contribution in [0.4, 0.5) is 8.78 Å². The minimum absolute atomic E-state index is 0.0208. The van der Waals surface area contributed by atoms with Gasteiger partial charge >= 0.3 is 11.4 Å². The number of para-hydroxylation sites is 4. The zero-order chi connectivity index (χ0) is 36.8. The normalized spacial score (nSPS) is 11.1. The smallest absolute Gasteiger partial charge is 0.306 e. The highest BCUT2D eigenvalue weighted by molar-refractivity contribution is 7.91. The largest absolute Gasteiger partial charge is 0.333 e. The summed E-state index contributed by atoms with van der Waals surface area (Å²) in [6.07, 6.45) is 0.894. The van der Waals surface area contributed by atoms with Crippen LogP contribution in [0.25, 0.3) is 27.8 Å². The maximum absolute atomic E-state index is 12.7. The maximum Gasteiger partial charge on any atom is 0.333 e. The molecule has 262 valence electrons. The predicted octanol–water partition coefficient (Wildman–Crippen LogP) is 7.88. The van der Waals surface area contributed by atoms with Crippen molar-refractivity contribution < 1.29 is 17.2 Å². The predicted molar refractivity (Wildman–Crippen MR) is 200 cm³/mol. The molecule has 0 amide bonds. The van der Waals surface area contributed by atoms with Crippen molar-refractivity contribution in [1.82, 2.24) is 19.1 Å². The van der Waals surface area contributed by atoms with E-state index in [1.165, 1.54) is 41.0 Å². The Kier molecular flexibility index (Phi) is 10.4. The number of hydrogen-bond acceptors (Lipinski definition) is 4. The van der Waals surface area contributed by atoms with Crippen LogP contribution in [-0.2, 0) is 23.3 Å². The van der Waals surface area contributed by atoms with Gasteiger partial charge in [0.2, 0.25) is 9.84 Å². The first-order valence-corrected chi connectivity index (χ1v) is 17.7. The molecule has 0 saturated carbocycles. The lowest BCUT2D eigenvalue weighted by Crippen LogP contribution is -2.20. The van der Waals surface area contributed by atoms with Crippen molar-refractivity contribution >= 4 is 31.9 Å². The third-order valence-corrected chi connectivity index (χ3v) is 10.1. The Morgan fingerprint density at radius 3 is 1.52 bits per heavy atom. The second-order valence-electron chi connectivity index (χ2n) is 12.0. The number of aryl methyl sites for hydroxylation is 2. The van der Waals surface area contributed by atoms with E-state index in [-0.39, 0.29) is 21.2 Å². The van der Waals surface area contributed by atoms with Crippen LogP contribution in [-0.4, -0.2) is 27.5 Å². The summed E-state index contributed by atoms with van der Waals surface area (Å²) in [5.41, 5.74) is 8.11. The Hall–Kier alpha value is -6.33. The summed E-state index contributed by atoms with van der Waals surface area (Å²) in [6.45, 7) is 2.10. The molecule has 8 rings (SSSR count). The Morgan fingerprint density at radius 2 is 1.02 bits per heavy atom. The third-order valence-electron chi connectivity index (χ3n) is 8.36. The Labute approximate surface area is 298 Å². The molecule has 0 atom stereocenters. The molecule has 0 saturated heterocycles. The highest BCUT2D eigenvalue weighted by Crippen LogP contribution is 2.21. The molecule has 2 heterocycles. The molecule has 2 N–H and O–H groups in total. The minimum Gasteiger partial charge on any atom is -0.306 e. The molecular weight excluding hydrogens is 683 g/mol. The lowest BCUT2D eigenvalue weighted by Gasteiger charge is -2.06. The van der Waals surface area contributed by atoms with E-state index >= 15 is 0 Å². The number of imidazole rings is 2. The fourth-order valence-electron chi connectivity index (χ4n) is 5.59. The molecule has 0 aliphatic rings. The zero-order valence-electron chi connectivity index (χ0n) is 28.3. The lowest BCUT2D eigenvalue weighted by atomic mass is 10.0. The van der Waals surface area contributed by atoms with Gasteiger partial charge in [0.25, 0.3) is 0 Å². The number of halogens is 2. The van der Waals surface area contributed by atoms with Gasteiger partial charge in [-0.05, 0) is 109 Å². The number of benzene rings is 6. The molecule has 0 spiro atoms. The van der Waals surface area contributed by atoms with Crippen LogP contribution in [0.3, 0.4) is 0 Å². The molecular formula is C41H34F2N4O4S. The highest BCUT2D eigenvalue weighted by Gasteiger charge is 2.17. The second-order valence-corrected chi connectivity index (χ2v) is 14.0. The van der Waals surface area contributed by atoms with Crippen LogP contribution in [0.1, 0.15) is 16.7 Å². The Bertz CT molecular complexity index is 2590. The summed E-state index contributed by atoms with van der Waals surface area (Å²) in [4.78, 5) is 28.5. The van der Waals surface area contributed by atoms with Crippen LogP contribution < -0.4 is 11.4 Å².